The van der Waals surface area contributed by atoms with Crippen LogP contribution in [0.25, 0.3) is 0 Å². The van der Waals surface area contributed by atoms with Crippen LogP contribution in [0.1, 0.15) is 37.8 Å². The maximum absolute atomic E-state index is 7.50. The molecule has 6 nitrogen and oxygen atoms in total. The molecule has 0 saturated carbocycles. The molecular formula is C22H22Mo2O6-2. The molecule has 8 heteroatoms. The Morgan fingerprint density at radius 1 is 0.567 bits per heavy atom. The third-order valence-electron chi connectivity index (χ3n) is 2.54. The molecule has 0 aliphatic rings. The van der Waals surface area contributed by atoms with E-state index in [9.17, 15) is 0 Å². The number of hydrogen-bond donors (Lipinski definition) is 0. The summed E-state index contributed by atoms with van der Waals surface area (Å²) in [5.74, 6) is 0. The van der Waals surface area contributed by atoms with Crippen LogP contribution in [0.2, 0.25) is 0 Å². The Hall–Kier alpha value is -1.48. The molecule has 0 radical (unpaired) electrons. The second-order valence-corrected chi connectivity index (χ2v) is 4.09. The van der Waals surface area contributed by atoms with Gasteiger partial charge in [0.15, 0.2) is 0 Å². The summed E-state index contributed by atoms with van der Waals surface area (Å²) in [5.41, 5.74) is 2.93. The van der Waals surface area contributed by atoms with Gasteiger partial charge in [-0.1, -0.05) is 39.5 Å². The first-order chi connectivity index (χ1) is 13.9. The topological polar surface area (TPSA) is 119 Å². The van der Waals surface area contributed by atoms with Gasteiger partial charge in [0.05, 0.1) is 0 Å². The minimum atomic E-state index is 0. The van der Waals surface area contributed by atoms with Gasteiger partial charge >= 0.3 is 67.8 Å². The zero-order chi connectivity index (χ0) is 23.6. The molecule has 0 saturated heterocycles. The van der Waals surface area contributed by atoms with Crippen molar-refractivity contribution in [2.45, 2.75) is 39.5 Å². The van der Waals surface area contributed by atoms with Gasteiger partial charge in [0.2, 0.25) is 0 Å². The fourth-order valence-electron chi connectivity index (χ4n) is 1.74. The summed E-state index contributed by atoms with van der Waals surface area (Å²) >= 11 is 0. The molecule has 0 bridgehead atoms. The third kappa shape index (κ3) is 50.4. The van der Waals surface area contributed by atoms with E-state index in [1.807, 2.05) is 0 Å². The average Bonchev–Trinajstić information content (AvgIpc) is 3.52. The van der Waals surface area contributed by atoms with Gasteiger partial charge in [-0.05, 0) is 0 Å². The van der Waals surface area contributed by atoms with Crippen LogP contribution in [0.3, 0.4) is 0 Å². The Morgan fingerprint density at radius 3 is 0.933 bits per heavy atom. The van der Waals surface area contributed by atoms with Crippen molar-refractivity contribution in [1.82, 2.24) is 0 Å². The summed E-state index contributed by atoms with van der Waals surface area (Å²) in [5, 5.41) is 0. The normalized spacial score (nSPS) is 5.53. The smallest absolute Gasteiger partial charge is 0 e. The van der Waals surface area contributed by atoms with Crippen molar-refractivity contribution in [2.75, 3.05) is 0 Å². The molecule has 0 heterocycles. The molecule has 0 aliphatic carbocycles. The Labute approximate surface area is 208 Å². The van der Waals surface area contributed by atoms with Crippen LogP contribution < -0.4 is 0 Å². The summed E-state index contributed by atoms with van der Waals surface area (Å²) < 4.78 is 45.0. The monoisotopic (exact) mass is 578 g/mol. The van der Waals surface area contributed by atoms with E-state index in [1.165, 1.54) is 36.8 Å². The number of hydrogen-bond acceptors (Lipinski definition) is 0. The summed E-state index contributed by atoms with van der Waals surface area (Å²) in [7, 11) is 0. The van der Waals surface area contributed by atoms with Crippen molar-refractivity contribution in [3.8, 4) is 0 Å². The molecule has 0 N–H and O–H groups in total. The molecule has 0 aromatic heterocycles. The Bertz CT molecular complexity index is 494. The van der Waals surface area contributed by atoms with Crippen LogP contribution in [-0.4, -0.2) is 0 Å². The standard InChI is InChI=1S/2C8H11.6CO.2Mo/c2*1-2-5-8-6-3-4-7-8;6*1-2;;/h2*3-4,6-7H,2,5H2,1H3;;;;;;;;/q2*-1;;;;;;;;. The Kier molecular flexibility index (Phi) is 121. The van der Waals surface area contributed by atoms with Gasteiger partial charge < -0.3 is 0 Å². The van der Waals surface area contributed by atoms with Gasteiger partial charge in [0.1, 0.15) is 0 Å². The summed E-state index contributed by atoms with van der Waals surface area (Å²) in [4.78, 5) is 0. The molecule has 2 rings (SSSR count). The molecule has 2 aromatic rings. The SMILES string of the molecule is CCCc1cc[cH-]c1.CCCc1cc[cH-]c1.[C-]#[O+].[C-]#[O+].[C-]#[O+].[C-]#[O+].[C-]#[O+].[C-]#[O+].[Mo].[Mo]. The van der Waals surface area contributed by atoms with Crippen molar-refractivity contribution in [3.63, 3.8) is 0 Å². The second-order valence-electron chi connectivity index (χ2n) is 4.09. The van der Waals surface area contributed by atoms with Crippen molar-refractivity contribution >= 4 is 0 Å². The van der Waals surface area contributed by atoms with E-state index in [0.717, 1.165) is 0 Å². The fraction of sp³-hybridized carbons (Fsp3) is 0.273. The molecule has 0 amide bonds. The van der Waals surface area contributed by atoms with Gasteiger partial charge in [-0.25, -0.2) is 12.1 Å². The molecule has 2 aromatic carbocycles. The zero-order valence-electron chi connectivity index (χ0n) is 16.7. The third-order valence-corrected chi connectivity index (χ3v) is 2.54. The minimum Gasteiger partial charge on any atom is 0 e. The van der Waals surface area contributed by atoms with Crippen molar-refractivity contribution < 1.29 is 70.0 Å². The van der Waals surface area contributed by atoms with E-state index in [1.54, 1.807) is 0 Å². The predicted octanol–water partition coefficient (Wildman–Crippen LogP) is 4.49. The van der Waals surface area contributed by atoms with E-state index < -0.39 is 0 Å². The first kappa shape index (κ1) is 51.3. The quantitative estimate of drug-likeness (QED) is 0.291. The first-order valence-electron chi connectivity index (χ1n) is 7.50. The van der Waals surface area contributed by atoms with Crippen molar-refractivity contribution in [3.05, 3.63) is 99.6 Å². The zero-order valence-corrected chi connectivity index (χ0v) is 20.7. The van der Waals surface area contributed by atoms with Crippen LogP contribution >= 0.6 is 0 Å². The van der Waals surface area contributed by atoms with E-state index in [4.69, 9.17) is 27.9 Å². The van der Waals surface area contributed by atoms with Gasteiger partial charge in [-0.15, -0.1) is 0 Å². The van der Waals surface area contributed by atoms with E-state index in [0.29, 0.717) is 0 Å². The van der Waals surface area contributed by atoms with Crippen LogP contribution in [0, 0.1) is 39.9 Å². The Morgan fingerprint density at radius 2 is 0.800 bits per heavy atom. The second kappa shape index (κ2) is 70.9. The molecule has 160 valence electrons. The molecule has 0 atom stereocenters. The summed E-state index contributed by atoms with van der Waals surface area (Å²) in [6.45, 7) is 31.4. The molecule has 0 aliphatic heterocycles. The Balaban J connectivity index is -0.0000000345. The molecule has 0 unspecified atom stereocenters. The summed E-state index contributed by atoms with van der Waals surface area (Å²) in [6, 6.07) is 17.0. The fourth-order valence-corrected chi connectivity index (χ4v) is 1.74. The number of rotatable bonds is 4. The van der Waals surface area contributed by atoms with E-state index in [-0.39, 0.29) is 42.1 Å². The largest absolute Gasteiger partial charge is 0 e. The van der Waals surface area contributed by atoms with Crippen LogP contribution in [-0.2, 0) is 82.9 Å². The maximum Gasteiger partial charge on any atom is 0 e. The minimum absolute atomic E-state index is 0. The molecule has 0 spiro atoms. The van der Waals surface area contributed by atoms with Crippen LogP contribution in [0.15, 0.2) is 48.5 Å². The van der Waals surface area contributed by atoms with Gasteiger partial charge in [-0.2, -0.15) is 47.5 Å². The predicted molar refractivity (Wildman–Crippen MR) is 95.6 cm³/mol. The summed E-state index contributed by atoms with van der Waals surface area (Å²) in [6.07, 6.45) is 4.97. The van der Waals surface area contributed by atoms with Crippen molar-refractivity contribution in [2.24, 2.45) is 0 Å². The first-order valence-corrected chi connectivity index (χ1v) is 7.50. The molecule has 30 heavy (non-hydrogen) atoms. The maximum atomic E-state index is 7.50. The van der Waals surface area contributed by atoms with Gasteiger partial charge in [0, 0.05) is 42.1 Å². The average molecular weight is 574 g/mol. The van der Waals surface area contributed by atoms with Crippen molar-refractivity contribution in [1.29, 1.82) is 0 Å². The van der Waals surface area contributed by atoms with Gasteiger partial charge in [0.25, 0.3) is 0 Å². The molecular weight excluding hydrogens is 552 g/mol. The van der Waals surface area contributed by atoms with Crippen LogP contribution in [0.5, 0.6) is 0 Å². The van der Waals surface area contributed by atoms with Crippen LogP contribution in [0.4, 0.5) is 0 Å². The van der Waals surface area contributed by atoms with E-state index in [2.05, 4.69) is 102 Å². The molecule has 0 fully saturated rings. The van der Waals surface area contributed by atoms with E-state index >= 15 is 0 Å². The van der Waals surface area contributed by atoms with Gasteiger partial charge in [-0.3, -0.25) is 0 Å². The number of aryl methyl sites for hydroxylation is 2.